The summed E-state index contributed by atoms with van der Waals surface area (Å²) >= 11 is 3.35. The van der Waals surface area contributed by atoms with Crippen molar-refractivity contribution in [1.29, 1.82) is 0 Å². The average molecular weight is 273 g/mol. The van der Waals surface area contributed by atoms with Crippen molar-refractivity contribution < 1.29 is 4.39 Å². The van der Waals surface area contributed by atoms with E-state index in [4.69, 9.17) is 5.73 Å². The molecule has 1 aliphatic rings. The van der Waals surface area contributed by atoms with E-state index < -0.39 is 0 Å². The number of halogens is 2. The summed E-state index contributed by atoms with van der Waals surface area (Å²) in [6.45, 7) is 2.48. The second-order valence-electron chi connectivity index (χ2n) is 4.02. The van der Waals surface area contributed by atoms with E-state index in [9.17, 15) is 4.39 Å². The van der Waals surface area contributed by atoms with Crippen LogP contribution in [0.25, 0.3) is 0 Å². The quantitative estimate of drug-likeness (QED) is 0.894. The molecular weight excluding hydrogens is 259 g/mol. The van der Waals surface area contributed by atoms with Gasteiger partial charge in [0.15, 0.2) is 0 Å². The maximum Gasteiger partial charge on any atom is 0.127 e. The van der Waals surface area contributed by atoms with Crippen molar-refractivity contribution in [2.45, 2.75) is 19.0 Å². The lowest BCUT2D eigenvalue weighted by molar-refractivity contribution is 0.321. The largest absolute Gasteiger partial charge is 0.326 e. The van der Waals surface area contributed by atoms with E-state index in [0.717, 1.165) is 29.5 Å². The zero-order valence-corrected chi connectivity index (χ0v) is 10.0. The van der Waals surface area contributed by atoms with Crippen LogP contribution < -0.4 is 5.73 Å². The van der Waals surface area contributed by atoms with Gasteiger partial charge in [0.1, 0.15) is 5.82 Å². The minimum absolute atomic E-state index is 0.140. The third-order valence-corrected chi connectivity index (χ3v) is 3.20. The van der Waals surface area contributed by atoms with Crippen LogP contribution in [0.1, 0.15) is 12.0 Å². The first-order valence-electron chi connectivity index (χ1n) is 5.07. The van der Waals surface area contributed by atoms with Gasteiger partial charge >= 0.3 is 0 Å². The van der Waals surface area contributed by atoms with E-state index >= 15 is 0 Å². The van der Waals surface area contributed by atoms with Crippen LogP contribution in [0.5, 0.6) is 0 Å². The third-order valence-electron chi connectivity index (χ3n) is 2.71. The van der Waals surface area contributed by atoms with Crippen molar-refractivity contribution in [3.63, 3.8) is 0 Å². The lowest BCUT2D eigenvalue weighted by Gasteiger charge is -2.15. The van der Waals surface area contributed by atoms with Gasteiger partial charge in [0, 0.05) is 35.7 Å². The highest BCUT2D eigenvalue weighted by molar-refractivity contribution is 9.10. The first kappa shape index (κ1) is 11.0. The molecule has 1 atom stereocenters. The highest BCUT2D eigenvalue weighted by Crippen LogP contribution is 2.19. The minimum Gasteiger partial charge on any atom is -0.326 e. The van der Waals surface area contributed by atoms with Crippen LogP contribution in [0.3, 0.4) is 0 Å². The van der Waals surface area contributed by atoms with E-state index in [0.29, 0.717) is 6.54 Å². The lowest BCUT2D eigenvalue weighted by Crippen LogP contribution is -2.26. The molecule has 2 N–H and O–H groups in total. The first-order chi connectivity index (χ1) is 7.15. The number of benzene rings is 1. The average Bonchev–Trinajstić information content (AvgIpc) is 2.58. The van der Waals surface area contributed by atoms with Crippen LogP contribution in [-0.4, -0.2) is 24.0 Å². The van der Waals surface area contributed by atoms with Crippen LogP contribution >= 0.6 is 15.9 Å². The molecule has 2 rings (SSSR count). The Morgan fingerprint density at radius 1 is 1.53 bits per heavy atom. The Bertz CT molecular complexity index is 356. The molecule has 1 saturated heterocycles. The Hall–Kier alpha value is -0.450. The molecule has 0 bridgehead atoms. The van der Waals surface area contributed by atoms with Gasteiger partial charge in [0.05, 0.1) is 0 Å². The summed E-state index contributed by atoms with van der Waals surface area (Å²) in [6.07, 6.45) is 1.01. The topological polar surface area (TPSA) is 29.3 Å². The third kappa shape index (κ3) is 2.77. The molecule has 2 nitrogen and oxygen atoms in total. The van der Waals surface area contributed by atoms with Gasteiger partial charge in [-0.3, -0.25) is 4.90 Å². The first-order valence-corrected chi connectivity index (χ1v) is 5.86. The van der Waals surface area contributed by atoms with Gasteiger partial charge in [0.2, 0.25) is 0 Å². The van der Waals surface area contributed by atoms with Crippen LogP contribution in [0.4, 0.5) is 4.39 Å². The van der Waals surface area contributed by atoms with Gasteiger partial charge in [-0.05, 0) is 24.6 Å². The smallest absolute Gasteiger partial charge is 0.127 e. The van der Waals surface area contributed by atoms with Gasteiger partial charge in [-0.15, -0.1) is 0 Å². The molecule has 1 aliphatic heterocycles. The fourth-order valence-corrected chi connectivity index (χ4v) is 2.32. The zero-order chi connectivity index (χ0) is 10.8. The second-order valence-corrected chi connectivity index (χ2v) is 4.94. The Labute approximate surface area is 97.4 Å². The monoisotopic (exact) mass is 272 g/mol. The van der Waals surface area contributed by atoms with Crippen LogP contribution in [-0.2, 0) is 6.54 Å². The van der Waals surface area contributed by atoms with Crippen LogP contribution in [0, 0.1) is 5.82 Å². The molecule has 0 saturated carbocycles. The fraction of sp³-hybridized carbons (Fsp3) is 0.455. The second kappa shape index (κ2) is 4.60. The molecule has 1 fully saturated rings. The van der Waals surface area contributed by atoms with Crippen LogP contribution in [0.15, 0.2) is 22.7 Å². The molecule has 1 aromatic rings. The minimum atomic E-state index is -0.140. The van der Waals surface area contributed by atoms with Gasteiger partial charge in [-0.25, -0.2) is 4.39 Å². The lowest BCUT2D eigenvalue weighted by atomic mass is 10.2. The Morgan fingerprint density at radius 2 is 2.33 bits per heavy atom. The number of hydrogen-bond acceptors (Lipinski definition) is 2. The number of hydrogen-bond donors (Lipinski definition) is 1. The molecule has 1 aromatic carbocycles. The maximum atomic E-state index is 13.4. The van der Waals surface area contributed by atoms with Crippen molar-refractivity contribution in [3.8, 4) is 0 Å². The van der Waals surface area contributed by atoms with E-state index in [2.05, 4.69) is 20.8 Å². The van der Waals surface area contributed by atoms with E-state index in [1.54, 1.807) is 6.07 Å². The highest BCUT2D eigenvalue weighted by Gasteiger charge is 2.19. The summed E-state index contributed by atoms with van der Waals surface area (Å²) in [5, 5.41) is 0. The highest BCUT2D eigenvalue weighted by atomic mass is 79.9. The molecule has 0 aromatic heterocycles. The number of likely N-dealkylation sites (tertiary alicyclic amines) is 1. The SMILES string of the molecule is NC1CCN(Cc2cc(Br)ccc2F)C1. The molecule has 0 radical (unpaired) electrons. The van der Waals surface area contributed by atoms with Gasteiger partial charge < -0.3 is 5.73 Å². The van der Waals surface area contributed by atoms with Crippen LogP contribution in [0.2, 0.25) is 0 Å². The number of nitrogens with two attached hydrogens (primary N) is 1. The summed E-state index contributed by atoms with van der Waals surface area (Å²) < 4.78 is 14.4. The molecule has 0 aliphatic carbocycles. The predicted molar refractivity (Wildman–Crippen MR) is 62.0 cm³/mol. The van der Waals surface area contributed by atoms with Gasteiger partial charge in [-0.2, -0.15) is 0 Å². The van der Waals surface area contributed by atoms with E-state index in [1.165, 1.54) is 6.07 Å². The molecular formula is C11H14BrFN2. The molecule has 0 amide bonds. The molecule has 15 heavy (non-hydrogen) atoms. The van der Waals surface area contributed by atoms with Crippen molar-refractivity contribution in [2.24, 2.45) is 5.73 Å². The fourth-order valence-electron chi connectivity index (χ4n) is 1.91. The maximum absolute atomic E-state index is 13.4. The van der Waals surface area contributed by atoms with Crippen molar-refractivity contribution in [1.82, 2.24) is 4.90 Å². The van der Waals surface area contributed by atoms with E-state index in [1.807, 2.05) is 6.07 Å². The molecule has 1 heterocycles. The Morgan fingerprint density at radius 3 is 3.00 bits per heavy atom. The molecule has 0 spiro atoms. The zero-order valence-electron chi connectivity index (χ0n) is 8.42. The standard InChI is InChI=1S/C11H14BrFN2/c12-9-1-2-11(13)8(5-9)6-15-4-3-10(14)7-15/h1-2,5,10H,3-4,6-7,14H2. The summed E-state index contributed by atoms with van der Waals surface area (Å²) in [6, 6.07) is 5.29. The van der Waals surface area contributed by atoms with E-state index in [-0.39, 0.29) is 11.9 Å². The Kier molecular flexibility index (Phi) is 3.38. The Balaban J connectivity index is 2.07. The summed E-state index contributed by atoms with van der Waals surface area (Å²) in [4.78, 5) is 2.19. The normalized spacial score (nSPS) is 22.2. The summed E-state index contributed by atoms with van der Waals surface area (Å²) in [7, 11) is 0. The van der Waals surface area contributed by atoms with Gasteiger partial charge in [-0.1, -0.05) is 15.9 Å². The van der Waals surface area contributed by atoms with Gasteiger partial charge in [0.25, 0.3) is 0 Å². The molecule has 1 unspecified atom stereocenters. The molecule has 82 valence electrons. The summed E-state index contributed by atoms with van der Waals surface area (Å²) in [5.74, 6) is -0.140. The number of rotatable bonds is 2. The van der Waals surface area contributed by atoms with Crippen molar-refractivity contribution >= 4 is 15.9 Å². The summed E-state index contributed by atoms with van der Waals surface area (Å²) in [5.41, 5.74) is 6.54. The number of nitrogens with zero attached hydrogens (tertiary/aromatic N) is 1. The van der Waals surface area contributed by atoms with Crippen molar-refractivity contribution in [2.75, 3.05) is 13.1 Å². The predicted octanol–water partition coefficient (Wildman–Crippen LogP) is 2.12. The molecule has 4 heteroatoms. The van der Waals surface area contributed by atoms with Crippen molar-refractivity contribution in [3.05, 3.63) is 34.1 Å².